The second kappa shape index (κ2) is 14.3. The molecule has 0 saturated heterocycles. The standard InChI is InChI=1S/C22H35NO3/c1-3-4-5-6-7-8-9-13-18-26-22(25)19(2)23-21(24)17-16-20-14-11-10-12-15-20/h10-12,14-15,19H,3-9,13,16-18H2,1-2H3,(H,23,24). The van der Waals surface area contributed by atoms with Crippen LogP contribution < -0.4 is 5.32 Å². The fraction of sp³-hybridized carbons (Fsp3) is 0.636. The lowest BCUT2D eigenvalue weighted by molar-refractivity contribution is -0.147. The monoisotopic (exact) mass is 361 g/mol. The molecule has 146 valence electrons. The lowest BCUT2D eigenvalue weighted by Gasteiger charge is -2.13. The lowest BCUT2D eigenvalue weighted by Crippen LogP contribution is -2.39. The number of rotatable bonds is 14. The van der Waals surface area contributed by atoms with Crippen molar-refractivity contribution in [3.63, 3.8) is 0 Å². The number of hydrogen-bond donors (Lipinski definition) is 1. The molecule has 0 spiro atoms. The number of unbranched alkanes of at least 4 members (excludes halogenated alkanes) is 7. The number of ether oxygens (including phenoxy) is 1. The van der Waals surface area contributed by atoms with E-state index in [2.05, 4.69) is 12.2 Å². The molecule has 1 aromatic carbocycles. The fourth-order valence-electron chi connectivity index (χ4n) is 2.81. The predicted molar refractivity (Wildman–Crippen MR) is 106 cm³/mol. The zero-order valence-corrected chi connectivity index (χ0v) is 16.5. The minimum Gasteiger partial charge on any atom is -0.464 e. The molecule has 4 heteroatoms. The van der Waals surface area contributed by atoms with Crippen LogP contribution in [0.4, 0.5) is 0 Å². The van der Waals surface area contributed by atoms with E-state index in [0.717, 1.165) is 18.4 Å². The molecule has 0 fully saturated rings. The van der Waals surface area contributed by atoms with Gasteiger partial charge in [-0.1, -0.05) is 82.2 Å². The van der Waals surface area contributed by atoms with Crippen LogP contribution in [0.2, 0.25) is 0 Å². The Bertz CT molecular complexity index is 501. The van der Waals surface area contributed by atoms with Crippen LogP contribution in [0, 0.1) is 0 Å². The fourth-order valence-corrected chi connectivity index (χ4v) is 2.81. The first-order chi connectivity index (χ1) is 12.6. The van der Waals surface area contributed by atoms with Crippen molar-refractivity contribution in [1.82, 2.24) is 5.32 Å². The summed E-state index contributed by atoms with van der Waals surface area (Å²) < 4.78 is 5.26. The zero-order chi connectivity index (χ0) is 19.0. The van der Waals surface area contributed by atoms with E-state index >= 15 is 0 Å². The van der Waals surface area contributed by atoms with E-state index < -0.39 is 6.04 Å². The van der Waals surface area contributed by atoms with Crippen molar-refractivity contribution in [1.29, 1.82) is 0 Å². The average molecular weight is 362 g/mol. The van der Waals surface area contributed by atoms with Crippen molar-refractivity contribution >= 4 is 11.9 Å². The molecule has 1 atom stereocenters. The van der Waals surface area contributed by atoms with Crippen LogP contribution in [0.3, 0.4) is 0 Å². The van der Waals surface area contributed by atoms with E-state index in [9.17, 15) is 9.59 Å². The Balaban J connectivity index is 2.04. The maximum Gasteiger partial charge on any atom is 0.328 e. The van der Waals surface area contributed by atoms with Crippen LogP contribution in [0.25, 0.3) is 0 Å². The SMILES string of the molecule is CCCCCCCCCCOC(=O)C(C)NC(=O)CCc1ccccc1. The molecule has 1 amide bonds. The van der Waals surface area contributed by atoms with Crippen molar-refractivity contribution < 1.29 is 14.3 Å². The normalized spacial score (nSPS) is 11.8. The van der Waals surface area contributed by atoms with Crippen molar-refractivity contribution in [3.8, 4) is 0 Å². The molecule has 0 aliphatic heterocycles. The largest absolute Gasteiger partial charge is 0.464 e. The van der Waals surface area contributed by atoms with Gasteiger partial charge in [-0.15, -0.1) is 0 Å². The third-order valence-electron chi connectivity index (χ3n) is 4.46. The number of aryl methyl sites for hydroxylation is 1. The molecule has 0 aliphatic carbocycles. The highest BCUT2D eigenvalue weighted by Gasteiger charge is 2.16. The Kier molecular flexibility index (Phi) is 12.2. The first-order valence-corrected chi connectivity index (χ1v) is 10.1. The van der Waals surface area contributed by atoms with Crippen LogP contribution in [-0.4, -0.2) is 24.5 Å². The summed E-state index contributed by atoms with van der Waals surface area (Å²) in [5, 5.41) is 2.72. The van der Waals surface area contributed by atoms with Gasteiger partial charge in [0.25, 0.3) is 0 Å². The highest BCUT2D eigenvalue weighted by molar-refractivity contribution is 5.84. The number of esters is 1. The summed E-state index contributed by atoms with van der Waals surface area (Å²) in [6.07, 6.45) is 10.7. The van der Waals surface area contributed by atoms with Gasteiger partial charge in [0.1, 0.15) is 6.04 Å². The first-order valence-electron chi connectivity index (χ1n) is 10.1. The number of carbonyl (C=O) groups excluding carboxylic acids is 2. The molecule has 0 bridgehead atoms. The van der Waals surface area contributed by atoms with Crippen LogP contribution >= 0.6 is 0 Å². The average Bonchev–Trinajstić information content (AvgIpc) is 2.65. The topological polar surface area (TPSA) is 55.4 Å². The summed E-state index contributed by atoms with van der Waals surface area (Å²) in [7, 11) is 0. The van der Waals surface area contributed by atoms with E-state index in [1.54, 1.807) is 6.92 Å². The van der Waals surface area contributed by atoms with Crippen LogP contribution in [0.1, 0.15) is 77.2 Å². The van der Waals surface area contributed by atoms with Crippen molar-refractivity contribution in [2.24, 2.45) is 0 Å². The molecular formula is C22H35NO3. The Hall–Kier alpha value is -1.84. The van der Waals surface area contributed by atoms with Gasteiger partial charge < -0.3 is 10.1 Å². The Morgan fingerprint density at radius 1 is 0.962 bits per heavy atom. The minimum absolute atomic E-state index is 0.120. The van der Waals surface area contributed by atoms with E-state index in [-0.39, 0.29) is 11.9 Å². The van der Waals surface area contributed by atoms with Gasteiger partial charge in [-0.3, -0.25) is 4.79 Å². The third kappa shape index (κ3) is 10.9. The van der Waals surface area contributed by atoms with Crippen molar-refractivity contribution in [2.75, 3.05) is 6.61 Å². The Labute approximate surface area is 158 Å². The highest BCUT2D eigenvalue weighted by atomic mass is 16.5. The molecule has 0 aromatic heterocycles. The van der Waals surface area contributed by atoms with Gasteiger partial charge in [-0.05, 0) is 25.3 Å². The van der Waals surface area contributed by atoms with Gasteiger partial charge in [0.15, 0.2) is 0 Å². The quantitative estimate of drug-likeness (QED) is 0.382. The minimum atomic E-state index is -0.590. The van der Waals surface area contributed by atoms with E-state index in [1.807, 2.05) is 30.3 Å². The number of carbonyl (C=O) groups is 2. The molecule has 0 aliphatic rings. The van der Waals surface area contributed by atoms with Crippen LogP contribution in [0.15, 0.2) is 30.3 Å². The molecule has 1 N–H and O–H groups in total. The molecular weight excluding hydrogens is 326 g/mol. The second-order valence-corrected chi connectivity index (χ2v) is 6.92. The molecule has 1 aromatic rings. The molecule has 4 nitrogen and oxygen atoms in total. The molecule has 0 saturated carbocycles. The van der Waals surface area contributed by atoms with Crippen LogP contribution in [0.5, 0.6) is 0 Å². The van der Waals surface area contributed by atoms with E-state index in [4.69, 9.17) is 4.74 Å². The van der Waals surface area contributed by atoms with Crippen molar-refractivity contribution in [2.45, 2.75) is 84.1 Å². The summed E-state index contributed by atoms with van der Waals surface area (Å²) in [4.78, 5) is 23.9. The Morgan fingerprint density at radius 2 is 1.58 bits per heavy atom. The zero-order valence-electron chi connectivity index (χ0n) is 16.5. The summed E-state index contributed by atoms with van der Waals surface area (Å²) in [5.74, 6) is -0.466. The van der Waals surface area contributed by atoms with Gasteiger partial charge in [0.05, 0.1) is 6.61 Å². The maximum absolute atomic E-state index is 11.9. The molecule has 0 heterocycles. The number of hydrogen-bond acceptors (Lipinski definition) is 3. The van der Waals surface area contributed by atoms with Gasteiger partial charge in [0.2, 0.25) is 5.91 Å². The van der Waals surface area contributed by atoms with Gasteiger partial charge in [0, 0.05) is 6.42 Å². The number of nitrogens with one attached hydrogen (secondary N) is 1. The van der Waals surface area contributed by atoms with Crippen LogP contribution in [-0.2, 0) is 20.7 Å². The summed E-state index contributed by atoms with van der Waals surface area (Å²) in [6.45, 7) is 4.34. The van der Waals surface area contributed by atoms with Gasteiger partial charge in [-0.2, -0.15) is 0 Å². The maximum atomic E-state index is 11.9. The summed E-state index contributed by atoms with van der Waals surface area (Å²) >= 11 is 0. The highest BCUT2D eigenvalue weighted by Crippen LogP contribution is 2.08. The van der Waals surface area contributed by atoms with Gasteiger partial charge in [-0.25, -0.2) is 4.79 Å². The number of amides is 1. The molecule has 1 rings (SSSR count). The van der Waals surface area contributed by atoms with Crippen molar-refractivity contribution in [3.05, 3.63) is 35.9 Å². The first kappa shape index (κ1) is 22.2. The Morgan fingerprint density at radius 3 is 2.23 bits per heavy atom. The van der Waals surface area contributed by atoms with E-state index in [0.29, 0.717) is 19.4 Å². The summed E-state index contributed by atoms with van der Waals surface area (Å²) in [5.41, 5.74) is 1.12. The number of benzene rings is 1. The van der Waals surface area contributed by atoms with E-state index in [1.165, 1.54) is 38.5 Å². The molecule has 0 radical (unpaired) electrons. The second-order valence-electron chi connectivity index (χ2n) is 6.92. The predicted octanol–water partition coefficient (Wildman–Crippen LogP) is 4.81. The summed E-state index contributed by atoms with van der Waals surface area (Å²) in [6, 6.07) is 9.27. The third-order valence-corrected chi connectivity index (χ3v) is 4.46. The smallest absolute Gasteiger partial charge is 0.328 e. The molecule has 1 unspecified atom stereocenters. The molecule has 26 heavy (non-hydrogen) atoms. The lowest BCUT2D eigenvalue weighted by atomic mass is 10.1. The van der Waals surface area contributed by atoms with Gasteiger partial charge >= 0.3 is 5.97 Å².